The van der Waals surface area contributed by atoms with Gasteiger partial charge in [0, 0.05) is 27.7 Å². The number of H-pyrrole nitrogens is 1. The monoisotopic (exact) mass is 475 g/mol. The van der Waals surface area contributed by atoms with Crippen LogP contribution in [0.2, 0.25) is 5.02 Å². The zero-order valence-corrected chi connectivity index (χ0v) is 18.8. The Labute approximate surface area is 198 Å². The number of Topliss-reactive ketones (excluding diaryl/α,β-unsaturated/α-hetero) is 1. The van der Waals surface area contributed by atoms with E-state index in [2.05, 4.69) is 15.2 Å². The largest absolute Gasteiger partial charge is 0.484 e. The number of hydrogen-bond acceptors (Lipinski definition) is 6. The van der Waals surface area contributed by atoms with Crippen LogP contribution in [0, 0.1) is 0 Å². The molecule has 164 valence electrons. The molecule has 1 atom stereocenters. The van der Waals surface area contributed by atoms with Crippen molar-refractivity contribution in [2.24, 2.45) is 0 Å². The van der Waals surface area contributed by atoms with Gasteiger partial charge in [0.1, 0.15) is 11.0 Å². The summed E-state index contributed by atoms with van der Waals surface area (Å²) in [5, 5.41) is 9.44. The average Bonchev–Trinajstić information content (AvgIpc) is 3.49. The highest BCUT2D eigenvalue weighted by atomic mass is 35.5. The molecule has 3 aromatic carbocycles. The molecule has 2 heterocycles. The van der Waals surface area contributed by atoms with E-state index in [9.17, 15) is 4.79 Å². The molecule has 0 bridgehead atoms. The molecule has 0 saturated carbocycles. The van der Waals surface area contributed by atoms with Crippen molar-refractivity contribution in [3.05, 3.63) is 107 Å². The Morgan fingerprint density at radius 1 is 1.00 bits per heavy atom. The molecule has 0 saturated heterocycles. The summed E-state index contributed by atoms with van der Waals surface area (Å²) in [5.41, 5.74) is 2.39. The minimum Gasteiger partial charge on any atom is -0.484 e. The summed E-state index contributed by atoms with van der Waals surface area (Å²) in [7, 11) is 0. The van der Waals surface area contributed by atoms with Crippen LogP contribution in [0.25, 0.3) is 10.9 Å². The van der Waals surface area contributed by atoms with Gasteiger partial charge in [-0.2, -0.15) is 0 Å². The van der Waals surface area contributed by atoms with Crippen molar-refractivity contribution in [2.75, 3.05) is 0 Å². The molecule has 0 amide bonds. The van der Waals surface area contributed by atoms with Crippen LogP contribution in [-0.4, -0.2) is 21.0 Å². The Kier molecular flexibility index (Phi) is 6.15. The molecule has 0 radical (unpaired) electrons. The smallest absolute Gasteiger partial charge is 0.277 e. The van der Waals surface area contributed by atoms with Crippen molar-refractivity contribution in [3.8, 4) is 5.75 Å². The van der Waals surface area contributed by atoms with Crippen molar-refractivity contribution in [3.63, 3.8) is 0 Å². The van der Waals surface area contributed by atoms with E-state index in [1.54, 1.807) is 30.5 Å². The summed E-state index contributed by atoms with van der Waals surface area (Å²) in [6.07, 6.45) is 1.75. The number of carbonyl (C=O) groups is 1. The second-order valence-corrected chi connectivity index (χ2v) is 8.72. The number of benzene rings is 3. The van der Waals surface area contributed by atoms with E-state index < -0.39 is 5.25 Å². The topological polar surface area (TPSA) is 81.0 Å². The molecule has 2 aromatic heterocycles. The number of ether oxygens (including phenoxy) is 1. The molecule has 0 aliphatic rings. The molecule has 1 N–H and O–H groups in total. The molecule has 6 nitrogen and oxygen atoms in total. The van der Waals surface area contributed by atoms with Crippen molar-refractivity contribution >= 4 is 40.0 Å². The summed E-state index contributed by atoms with van der Waals surface area (Å²) in [4.78, 5) is 16.8. The van der Waals surface area contributed by atoms with Gasteiger partial charge in [0.05, 0.1) is 0 Å². The maximum atomic E-state index is 13.6. The number of aromatic nitrogens is 3. The van der Waals surface area contributed by atoms with Gasteiger partial charge in [0.15, 0.2) is 12.4 Å². The number of para-hydroxylation sites is 1. The number of fused-ring (bicyclic) bond motifs is 1. The number of ketones is 1. The van der Waals surface area contributed by atoms with Crippen LogP contribution in [0.3, 0.4) is 0 Å². The van der Waals surface area contributed by atoms with Crippen LogP contribution in [0.4, 0.5) is 0 Å². The molecule has 1 unspecified atom stereocenters. The van der Waals surface area contributed by atoms with Crippen LogP contribution in [0.5, 0.6) is 5.75 Å². The first-order valence-electron chi connectivity index (χ1n) is 10.2. The second kappa shape index (κ2) is 9.52. The van der Waals surface area contributed by atoms with Crippen LogP contribution < -0.4 is 4.74 Å². The third-order valence-electron chi connectivity index (χ3n) is 5.04. The average molecular weight is 476 g/mol. The number of nitrogens with zero attached hydrogens (tertiary/aromatic N) is 2. The molecule has 5 rings (SSSR count). The maximum absolute atomic E-state index is 13.6. The number of carbonyl (C=O) groups excluding carboxylic acids is 1. The molecule has 8 heteroatoms. The van der Waals surface area contributed by atoms with Gasteiger partial charge in [0.25, 0.3) is 11.1 Å². The van der Waals surface area contributed by atoms with Crippen LogP contribution >= 0.6 is 23.4 Å². The minimum absolute atomic E-state index is 0.0409. The lowest BCUT2D eigenvalue weighted by Gasteiger charge is -2.13. The van der Waals surface area contributed by atoms with E-state index in [1.165, 1.54) is 11.8 Å². The molecule has 33 heavy (non-hydrogen) atoms. The normalized spacial score (nSPS) is 12.0. The summed E-state index contributed by atoms with van der Waals surface area (Å²) in [5.74, 6) is 0.920. The number of hydrogen-bond donors (Lipinski definition) is 1. The number of rotatable bonds is 8. The first kappa shape index (κ1) is 21.3. The predicted molar refractivity (Wildman–Crippen MR) is 128 cm³/mol. The van der Waals surface area contributed by atoms with E-state index in [0.717, 1.165) is 16.5 Å². The molecule has 0 aliphatic heterocycles. The zero-order chi connectivity index (χ0) is 22.6. The molecular weight excluding hydrogens is 458 g/mol. The third-order valence-corrected chi connectivity index (χ3v) is 6.38. The Bertz CT molecular complexity index is 1380. The van der Waals surface area contributed by atoms with Crippen LogP contribution in [0.1, 0.15) is 27.1 Å². The molecular formula is C25H18ClN3O3S. The maximum Gasteiger partial charge on any atom is 0.277 e. The quantitative estimate of drug-likeness (QED) is 0.204. The highest BCUT2D eigenvalue weighted by molar-refractivity contribution is 8.00. The van der Waals surface area contributed by atoms with Gasteiger partial charge in [-0.3, -0.25) is 4.79 Å². The highest BCUT2D eigenvalue weighted by Gasteiger charge is 2.27. The van der Waals surface area contributed by atoms with Gasteiger partial charge < -0.3 is 14.1 Å². The van der Waals surface area contributed by atoms with E-state index in [-0.39, 0.29) is 12.4 Å². The molecule has 0 fully saturated rings. The van der Waals surface area contributed by atoms with Gasteiger partial charge >= 0.3 is 0 Å². The lowest BCUT2D eigenvalue weighted by molar-refractivity contribution is 0.0990. The molecule has 0 spiro atoms. The minimum atomic E-state index is -0.545. The van der Waals surface area contributed by atoms with Crippen molar-refractivity contribution in [2.45, 2.75) is 17.1 Å². The van der Waals surface area contributed by atoms with Crippen LogP contribution in [0.15, 0.2) is 94.7 Å². The Balaban J connectivity index is 1.37. The van der Waals surface area contributed by atoms with Crippen molar-refractivity contribution in [1.29, 1.82) is 0 Å². The van der Waals surface area contributed by atoms with E-state index in [1.807, 2.05) is 54.6 Å². The molecule has 5 aromatic rings. The summed E-state index contributed by atoms with van der Waals surface area (Å²) in [6.45, 7) is 0.113. The van der Waals surface area contributed by atoms with Crippen molar-refractivity contribution in [1.82, 2.24) is 15.2 Å². The Morgan fingerprint density at radius 2 is 1.76 bits per heavy atom. The second-order valence-electron chi connectivity index (χ2n) is 7.23. The van der Waals surface area contributed by atoms with E-state index in [4.69, 9.17) is 20.8 Å². The first-order valence-corrected chi connectivity index (χ1v) is 11.5. The van der Waals surface area contributed by atoms with Gasteiger partial charge in [0.2, 0.25) is 0 Å². The van der Waals surface area contributed by atoms with Gasteiger partial charge in [-0.25, -0.2) is 0 Å². The van der Waals surface area contributed by atoms with Crippen molar-refractivity contribution < 1.29 is 13.9 Å². The number of halogens is 1. The third kappa shape index (κ3) is 4.79. The first-order chi connectivity index (χ1) is 16.2. The fourth-order valence-corrected chi connectivity index (χ4v) is 4.53. The zero-order valence-electron chi connectivity index (χ0n) is 17.3. The highest BCUT2D eigenvalue weighted by Crippen LogP contribution is 2.38. The molecule has 0 aliphatic carbocycles. The number of nitrogens with one attached hydrogen (secondary N) is 1. The summed E-state index contributed by atoms with van der Waals surface area (Å²) in [6, 6.07) is 24.3. The fraction of sp³-hybridized carbons (Fsp3) is 0.0800. The SMILES string of the molecule is O=C(c1c[nH]c2ccccc12)C(Sc1nnc(COc2ccc(Cl)cc2)o1)c1ccccc1. The lowest BCUT2D eigenvalue weighted by Crippen LogP contribution is -2.09. The van der Waals surface area contributed by atoms with Gasteiger partial charge in [-0.15, -0.1) is 10.2 Å². The van der Waals surface area contributed by atoms with E-state index in [0.29, 0.717) is 27.4 Å². The summed E-state index contributed by atoms with van der Waals surface area (Å²) >= 11 is 7.12. The predicted octanol–water partition coefficient (Wildman–Crippen LogP) is 6.50. The standard InChI is InChI=1S/C25H18ClN3O3S/c26-17-10-12-18(13-11-17)31-15-22-28-29-25(32-22)33-24(16-6-2-1-3-7-16)23(30)20-14-27-21-9-5-4-8-19(20)21/h1-14,24,27H,15H2. The van der Waals surface area contributed by atoms with Crippen LogP contribution in [-0.2, 0) is 6.61 Å². The summed E-state index contributed by atoms with van der Waals surface area (Å²) < 4.78 is 11.4. The lowest BCUT2D eigenvalue weighted by atomic mass is 10.0. The van der Waals surface area contributed by atoms with E-state index >= 15 is 0 Å². The Morgan fingerprint density at radius 3 is 2.58 bits per heavy atom. The van der Waals surface area contributed by atoms with Gasteiger partial charge in [-0.1, -0.05) is 60.1 Å². The van der Waals surface area contributed by atoms with Gasteiger partial charge in [-0.05, 0) is 47.7 Å². The Hall–Kier alpha value is -3.55. The number of aromatic amines is 1. The number of thioether (sulfide) groups is 1. The fourth-order valence-electron chi connectivity index (χ4n) is 3.44.